The molecule has 0 aromatic heterocycles. The van der Waals surface area contributed by atoms with Gasteiger partial charge in [0.05, 0.1) is 5.25 Å². The molecule has 3 heterocycles. The minimum absolute atomic E-state index is 0. The van der Waals surface area contributed by atoms with Gasteiger partial charge in [0.1, 0.15) is 0 Å². The summed E-state index contributed by atoms with van der Waals surface area (Å²) in [7, 11) is 0. The third-order valence-electron chi connectivity index (χ3n) is 5.39. The second-order valence-electron chi connectivity index (χ2n) is 6.67. The molecule has 0 saturated carbocycles. The van der Waals surface area contributed by atoms with Gasteiger partial charge >= 0.3 is 0 Å². The molecule has 1 unspecified atom stereocenters. The Kier molecular flexibility index (Phi) is 4.72. The molecule has 1 N–H and O–H groups in total. The predicted octanol–water partition coefficient (Wildman–Crippen LogP) is 2.73. The highest BCUT2D eigenvalue weighted by Crippen LogP contribution is 2.40. The molecule has 5 heteroatoms. The van der Waals surface area contributed by atoms with Gasteiger partial charge in [-0.25, -0.2) is 0 Å². The number of carbonyl (C=O) groups is 1. The van der Waals surface area contributed by atoms with Crippen molar-refractivity contribution in [3.8, 4) is 0 Å². The lowest BCUT2D eigenvalue weighted by molar-refractivity contribution is -0.132. The Labute approximate surface area is 142 Å². The molecular weight excluding hydrogens is 316 g/mol. The van der Waals surface area contributed by atoms with Crippen molar-refractivity contribution in [2.45, 2.75) is 35.8 Å². The fraction of sp³-hybridized carbons (Fsp3) is 0.588. The predicted molar refractivity (Wildman–Crippen MR) is 92.8 cm³/mol. The number of thioether (sulfide) groups is 1. The summed E-state index contributed by atoms with van der Waals surface area (Å²) in [4.78, 5) is 16.2. The maximum atomic E-state index is 12.8. The molecule has 4 rings (SSSR count). The molecular formula is C17H23ClN2OS. The molecule has 2 fully saturated rings. The molecule has 1 spiro atoms. The van der Waals surface area contributed by atoms with E-state index < -0.39 is 0 Å². The van der Waals surface area contributed by atoms with Crippen molar-refractivity contribution in [1.82, 2.24) is 10.2 Å². The van der Waals surface area contributed by atoms with Crippen molar-refractivity contribution in [2.24, 2.45) is 5.41 Å². The van der Waals surface area contributed by atoms with Crippen LogP contribution in [0.3, 0.4) is 0 Å². The average molecular weight is 339 g/mol. The minimum atomic E-state index is 0. The summed E-state index contributed by atoms with van der Waals surface area (Å²) in [6.45, 7) is 4.21. The Balaban J connectivity index is 0.00000144. The summed E-state index contributed by atoms with van der Waals surface area (Å²) in [5.74, 6) is 0.358. The molecule has 0 bridgehead atoms. The number of nitrogens with zero attached hydrogens (tertiary/aromatic N) is 1. The van der Waals surface area contributed by atoms with Crippen LogP contribution in [0.4, 0.5) is 0 Å². The smallest absolute Gasteiger partial charge is 0.236 e. The average Bonchev–Trinajstić information content (AvgIpc) is 3.14. The Bertz CT molecular complexity index is 524. The lowest BCUT2D eigenvalue weighted by atomic mass is 9.78. The summed E-state index contributed by atoms with van der Waals surface area (Å²) in [6, 6.07) is 8.44. The third-order valence-corrected chi connectivity index (χ3v) is 6.70. The van der Waals surface area contributed by atoms with Gasteiger partial charge in [0.25, 0.3) is 0 Å². The standard InChI is InChI=1S/C17H22N2OS.ClH/c20-16(15-11-13-3-1-2-4-14(13)21-15)19-9-6-17(7-10-19)5-8-18-12-17;/h1-4,15,18H,5-12H2;1H. The van der Waals surface area contributed by atoms with Crippen LogP contribution < -0.4 is 5.32 Å². The third kappa shape index (κ3) is 2.89. The van der Waals surface area contributed by atoms with E-state index in [1.807, 2.05) is 0 Å². The molecule has 3 aliphatic rings. The number of hydrogen-bond acceptors (Lipinski definition) is 3. The van der Waals surface area contributed by atoms with E-state index in [-0.39, 0.29) is 17.7 Å². The van der Waals surface area contributed by atoms with E-state index in [9.17, 15) is 4.79 Å². The SMILES string of the molecule is Cl.O=C(C1Cc2ccccc2S1)N1CCC2(CCNC2)CC1. The van der Waals surface area contributed by atoms with Gasteiger partial charge in [-0.3, -0.25) is 4.79 Å². The summed E-state index contributed by atoms with van der Waals surface area (Å²) < 4.78 is 0. The van der Waals surface area contributed by atoms with Crippen LogP contribution in [0.25, 0.3) is 0 Å². The highest BCUT2D eigenvalue weighted by molar-refractivity contribution is 8.01. The zero-order chi connectivity index (χ0) is 14.3. The van der Waals surface area contributed by atoms with Gasteiger partial charge in [-0.1, -0.05) is 18.2 Å². The van der Waals surface area contributed by atoms with Gasteiger partial charge in [0, 0.05) is 24.5 Å². The van der Waals surface area contributed by atoms with Crippen molar-refractivity contribution in [3.05, 3.63) is 29.8 Å². The zero-order valence-corrected chi connectivity index (χ0v) is 14.3. The topological polar surface area (TPSA) is 32.3 Å². The fourth-order valence-corrected chi connectivity index (χ4v) is 5.23. The van der Waals surface area contributed by atoms with Crippen LogP contribution in [0.5, 0.6) is 0 Å². The maximum Gasteiger partial charge on any atom is 0.236 e. The molecule has 22 heavy (non-hydrogen) atoms. The number of hydrogen-bond donors (Lipinski definition) is 1. The first-order valence-corrected chi connectivity index (χ1v) is 8.88. The van der Waals surface area contributed by atoms with Gasteiger partial charge in [0.15, 0.2) is 0 Å². The van der Waals surface area contributed by atoms with E-state index in [0.717, 1.165) is 32.6 Å². The summed E-state index contributed by atoms with van der Waals surface area (Å²) >= 11 is 1.76. The molecule has 1 aromatic carbocycles. The van der Waals surface area contributed by atoms with Crippen molar-refractivity contribution in [3.63, 3.8) is 0 Å². The van der Waals surface area contributed by atoms with Gasteiger partial charge in [-0.05, 0) is 49.3 Å². The normalized spacial score (nSPS) is 25.8. The van der Waals surface area contributed by atoms with Crippen LogP contribution in [0, 0.1) is 5.41 Å². The number of piperidine rings is 1. The number of fused-ring (bicyclic) bond motifs is 1. The van der Waals surface area contributed by atoms with Gasteiger partial charge in [0.2, 0.25) is 5.91 Å². The number of amides is 1. The number of carbonyl (C=O) groups excluding carboxylic acids is 1. The number of benzene rings is 1. The highest BCUT2D eigenvalue weighted by Gasteiger charge is 2.40. The van der Waals surface area contributed by atoms with E-state index in [1.54, 1.807) is 11.8 Å². The lowest BCUT2D eigenvalue weighted by Crippen LogP contribution is -2.46. The van der Waals surface area contributed by atoms with Crippen LogP contribution in [0.2, 0.25) is 0 Å². The van der Waals surface area contributed by atoms with E-state index >= 15 is 0 Å². The van der Waals surface area contributed by atoms with Crippen molar-refractivity contribution in [2.75, 3.05) is 26.2 Å². The number of likely N-dealkylation sites (tertiary alicyclic amines) is 1. The molecule has 1 amide bonds. The molecule has 3 nitrogen and oxygen atoms in total. The van der Waals surface area contributed by atoms with Crippen LogP contribution in [0.1, 0.15) is 24.8 Å². The van der Waals surface area contributed by atoms with E-state index in [2.05, 4.69) is 34.5 Å². The van der Waals surface area contributed by atoms with Gasteiger partial charge in [-0.15, -0.1) is 24.2 Å². The Hall–Kier alpha value is -0.710. The number of halogens is 1. The molecule has 120 valence electrons. The Morgan fingerprint density at radius 2 is 2.00 bits per heavy atom. The van der Waals surface area contributed by atoms with Gasteiger partial charge < -0.3 is 10.2 Å². The largest absolute Gasteiger partial charge is 0.342 e. The Morgan fingerprint density at radius 3 is 2.68 bits per heavy atom. The molecule has 2 saturated heterocycles. The first kappa shape index (κ1) is 16.2. The molecule has 3 aliphatic heterocycles. The van der Waals surface area contributed by atoms with E-state index in [4.69, 9.17) is 0 Å². The molecule has 0 radical (unpaired) electrons. The lowest BCUT2D eigenvalue weighted by Gasteiger charge is -2.39. The van der Waals surface area contributed by atoms with Crippen LogP contribution in [0.15, 0.2) is 29.2 Å². The van der Waals surface area contributed by atoms with Crippen LogP contribution >= 0.6 is 24.2 Å². The first-order chi connectivity index (χ1) is 10.3. The van der Waals surface area contributed by atoms with Crippen molar-refractivity contribution >= 4 is 30.1 Å². The number of rotatable bonds is 1. The summed E-state index contributed by atoms with van der Waals surface area (Å²) in [6.07, 6.45) is 4.55. The van der Waals surface area contributed by atoms with Crippen LogP contribution in [-0.2, 0) is 11.2 Å². The Morgan fingerprint density at radius 1 is 1.23 bits per heavy atom. The van der Waals surface area contributed by atoms with E-state index in [0.29, 0.717) is 11.3 Å². The highest BCUT2D eigenvalue weighted by atomic mass is 35.5. The zero-order valence-electron chi connectivity index (χ0n) is 12.7. The van der Waals surface area contributed by atoms with Gasteiger partial charge in [-0.2, -0.15) is 0 Å². The van der Waals surface area contributed by atoms with Crippen molar-refractivity contribution < 1.29 is 4.79 Å². The summed E-state index contributed by atoms with van der Waals surface area (Å²) in [5, 5.41) is 3.60. The maximum absolute atomic E-state index is 12.8. The van der Waals surface area contributed by atoms with E-state index in [1.165, 1.54) is 29.7 Å². The van der Waals surface area contributed by atoms with Crippen molar-refractivity contribution in [1.29, 1.82) is 0 Å². The molecule has 1 atom stereocenters. The minimum Gasteiger partial charge on any atom is -0.342 e. The first-order valence-electron chi connectivity index (χ1n) is 8.00. The molecule has 0 aliphatic carbocycles. The fourth-order valence-electron chi connectivity index (χ4n) is 3.95. The quantitative estimate of drug-likeness (QED) is 0.854. The molecule has 1 aromatic rings. The second-order valence-corrected chi connectivity index (χ2v) is 7.91. The van der Waals surface area contributed by atoms with Crippen LogP contribution in [-0.4, -0.2) is 42.2 Å². The summed E-state index contributed by atoms with van der Waals surface area (Å²) in [5.41, 5.74) is 1.83. The second kappa shape index (κ2) is 6.42. The number of nitrogens with one attached hydrogen (secondary N) is 1. The monoisotopic (exact) mass is 338 g/mol.